The molecule has 2 aromatic rings. The lowest BCUT2D eigenvalue weighted by Crippen LogP contribution is -2.12. The summed E-state index contributed by atoms with van der Waals surface area (Å²) in [5.74, 6) is 1.29. The van der Waals surface area contributed by atoms with Gasteiger partial charge in [-0.3, -0.25) is 4.79 Å². The molecule has 1 aromatic carbocycles. The average molecular weight is 275 g/mol. The minimum Gasteiger partial charge on any atom is -0.491 e. The van der Waals surface area contributed by atoms with Crippen LogP contribution in [0.3, 0.4) is 0 Å². The Morgan fingerprint density at radius 3 is 2.85 bits per heavy atom. The van der Waals surface area contributed by atoms with Crippen molar-refractivity contribution >= 4 is 17.4 Å². The van der Waals surface area contributed by atoms with E-state index in [-0.39, 0.29) is 5.91 Å². The zero-order valence-corrected chi connectivity index (χ0v) is 11.5. The molecule has 20 heavy (non-hydrogen) atoms. The van der Waals surface area contributed by atoms with Gasteiger partial charge >= 0.3 is 0 Å². The molecule has 6 nitrogen and oxygen atoms in total. The Bertz CT molecular complexity index is 607. The summed E-state index contributed by atoms with van der Waals surface area (Å²) in [7, 11) is 0. The van der Waals surface area contributed by atoms with Gasteiger partial charge in [-0.15, -0.1) is 0 Å². The Labute approximate surface area is 116 Å². The molecule has 0 unspecified atom stereocenters. The Morgan fingerprint density at radius 1 is 1.45 bits per heavy atom. The zero-order chi connectivity index (χ0) is 14.5. The van der Waals surface area contributed by atoms with Gasteiger partial charge in [-0.05, 0) is 31.5 Å². The molecule has 0 saturated heterocycles. The third-order valence-corrected chi connectivity index (χ3v) is 2.60. The standard InChI is InChI=1S/C14H17N3O3/c1-3-6-19-12-5-4-10(8-11(12)15)14(18)16-13-7-9(2)20-17-13/h4-5,7-8H,3,6,15H2,1-2H3,(H,16,17,18). The number of rotatable bonds is 5. The van der Waals surface area contributed by atoms with Crippen LogP contribution in [0.2, 0.25) is 0 Å². The Kier molecular flexibility index (Phi) is 4.24. The highest BCUT2D eigenvalue weighted by Crippen LogP contribution is 2.23. The fourth-order valence-corrected chi connectivity index (χ4v) is 1.65. The summed E-state index contributed by atoms with van der Waals surface area (Å²) in [5.41, 5.74) is 6.73. The van der Waals surface area contributed by atoms with Crippen LogP contribution in [0, 0.1) is 6.92 Å². The van der Waals surface area contributed by atoms with E-state index in [1.54, 1.807) is 31.2 Å². The van der Waals surface area contributed by atoms with E-state index in [0.29, 0.717) is 35.2 Å². The quantitative estimate of drug-likeness (QED) is 0.818. The van der Waals surface area contributed by atoms with E-state index in [4.69, 9.17) is 15.0 Å². The van der Waals surface area contributed by atoms with Gasteiger partial charge in [0.2, 0.25) is 0 Å². The number of nitrogen functional groups attached to an aromatic ring is 1. The molecule has 0 spiro atoms. The number of benzene rings is 1. The summed E-state index contributed by atoms with van der Waals surface area (Å²) in [6, 6.07) is 6.56. The van der Waals surface area contributed by atoms with Crippen molar-refractivity contribution in [2.75, 3.05) is 17.7 Å². The molecule has 0 saturated carbocycles. The molecule has 1 amide bonds. The second kappa shape index (κ2) is 6.10. The predicted molar refractivity (Wildman–Crippen MR) is 75.8 cm³/mol. The number of ether oxygens (including phenoxy) is 1. The first-order valence-electron chi connectivity index (χ1n) is 6.37. The Hall–Kier alpha value is -2.50. The largest absolute Gasteiger partial charge is 0.491 e. The first kappa shape index (κ1) is 13.9. The van der Waals surface area contributed by atoms with Crippen molar-refractivity contribution in [3.8, 4) is 5.75 Å². The van der Waals surface area contributed by atoms with Crippen LogP contribution in [-0.2, 0) is 0 Å². The van der Waals surface area contributed by atoms with Gasteiger partial charge in [0.25, 0.3) is 5.91 Å². The number of nitrogens with zero attached hydrogens (tertiary/aromatic N) is 1. The monoisotopic (exact) mass is 275 g/mol. The number of carbonyl (C=O) groups is 1. The molecule has 3 N–H and O–H groups in total. The first-order valence-corrected chi connectivity index (χ1v) is 6.37. The third kappa shape index (κ3) is 3.28. The number of aryl methyl sites for hydroxylation is 1. The molecule has 0 bridgehead atoms. The lowest BCUT2D eigenvalue weighted by Gasteiger charge is -2.09. The fourth-order valence-electron chi connectivity index (χ4n) is 1.65. The lowest BCUT2D eigenvalue weighted by molar-refractivity contribution is 0.102. The van der Waals surface area contributed by atoms with Crippen molar-refractivity contribution in [1.29, 1.82) is 0 Å². The van der Waals surface area contributed by atoms with Crippen LogP contribution in [0.25, 0.3) is 0 Å². The molecule has 2 rings (SSSR count). The molecule has 106 valence electrons. The third-order valence-electron chi connectivity index (χ3n) is 2.60. The summed E-state index contributed by atoms with van der Waals surface area (Å²) in [6.07, 6.45) is 0.896. The van der Waals surface area contributed by atoms with Crippen molar-refractivity contribution in [1.82, 2.24) is 5.16 Å². The molecule has 0 aliphatic carbocycles. The van der Waals surface area contributed by atoms with Crippen molar-refractivity contribution < 1.29 is 14.1 Å². The second-order valence-electron chi connectivity index (χ2n) is 4.38. The van der Waals surface area contributed by atoms with Gasteiger partial charge in [-0.25, -0.2) is 0 Å². The van der Waals surface area contributed by atoms with E-state index in [1.807, 2.05) is 6.92 Å². The van der Waals surface area contributed by atoms with Gasteiger partial charge in [0.1, 0.15) is 11.5 Å². The number of amides is 1. The smallest absolute Gasteiger partial charge is 0.256 e. The average Bonchev–Trinajstić information content (AvgIpc) is 2.82. The fraction of sp³-hybridized carbons (Fsp3) is 0.286. The molecule has 0 radical (unpaired) electrons. The van der Waals surface area contributed by atoms with Crippen molar-refractivity contribution in [3.63, 3.8) is 0 Å². The maximum atomic E-state index is 12.0. The van der Waals surface area contributed by atoms with Crippen LogP contribution in [0.4, 0.5) is 11.5 Å². The molecular formula is C14H17N3O3. The lowest BCUT2D eigenvalue weighted by atomic mass is 10.1. The summed E-state index contributed by atoms with van der Waals surface area (Å²) < 4.78 is 10.3. The molecule has 1 aromatic heterocycles. The highest BCUT2D eigenvalue weighted by atomic mass is 16.5. The number of hydrogen-bond donors (Lipinski definition) is 2. The maximum absolute atomic E-state index is 12.0. The minimum atomic E-state index is -0.299. The van der Waals surface area contributed by atoms with E-state index in [2.05, 4.69) is 10.5 Å². The Balaban J connectivity index is 2.08. The van der Waals surface area contributed by atoms with Gasteiger partial charge in [0.15, 0.2) is 5.82 Å². The summed E-state index contributed by atoms with van der Waals surface area (Å²) in [4.78, 5) is 12.0. The summed E-state index contributed by atoms with van der Waals surface area (Å²) in [5, 5.41) is 6.33. The van der Waals surface area contributed by atoms with E-state index >= 15 is 0 Å². The van der Waals surface area contributed by atoms with Gasteiger partial charge in [-0.1, -0.05) is 12.1 Å². The molecular weight excluding hydrogens is 258 g/mol. The van der Waals surface area contributed by atoms with Crippen LogP contribution in [0.1, 0.15) is 29.5 Å². The van der Waals surface area contributed by atoms with E-state index in [0.717, 1.165) is 6.42 Å². The first-order chi connectivity index (χ1) is 9.60. The van der Waals surface area contributed by atoms with Crippen LogP contribution < -0.4 is 15.8 Å². The number of nitrogens with one attached hydrogen (secondary N) is 1. The van der Waals surface area contributed by atoms with Gasteiger partial charge in [0.05, 0.1) is 12.3 Å². The molecule has 0 atom stereocenters. The van der Waals surface area contributed by atoms with Gasteiger partial charge < -0.3 is 20.3 Å². The Morgan fingerprint density at radius 2 is 2.25 bits per heavy atom. The number of hydrogen-bond acceptors (Lipinski definition) is 5. The van der Waals surface area contributed by atoms with E-state index in [1.165, 1.54) is 0 Å². The highest BCUT2D eigenvalue weighted by molar-refractivity contribution is 6.04. The van der Waals surface area contributed by atoms with Crippen molar-refractivity contribution in [2.45, 2.75) is 20.3 Å². The van der Waals surface area contributed by atoms with Gasteiger partial charge in [-0.2, -0.15) is 0 Å². The molecule has 1 heterocycles. The molecule has 0 aliphatic rings. The van der Waals surface area contributed by atoms with Crippen LogP contribution >= 0.6 is 0 Å². The summed E-state index contributed by atoms with van der Waals surface area (Å²) >= 11 is 0. The van der Waals surface area contributed by atoms with Crippen molar-refractivity contribution in [2.24, 2.45) is 0 Å². The highest BCUT2D eigenvalue weighted by Gasteiger charge is 2.11. The number of aromatic nitrogens is 1. The van der Waals surface area contributed by atoms with E-state index in [9.17, 15) is 4.79 Å². The van der Waals surface area contributed by atoms with Crippen molar-refractivity contribution in [3.05, 3.63) is 35.6 Å². The normalized spacial score (nSPS) is 10.3. The van der Waals surface area contributed by atoms with E-state index < -0.39 is 0 Å². The maximum Gasteiger partial charge on any atom is 0.256 e. The predicted octanol–water partition coefficient (Wildman–Crippen LogP) is 2.61. The SMILES string of the molecule is CCCOc1ccc(C(=O)Nc2cc(C)on2)cc1N. The number of carbonyl (C=O) groups excluding carboxylic acids is 1. The number of nitrogens with two attached hydrogens (primary N) is 1. The van der Waals surface area contributed by atoms with Crippen LogP contribution in [0.5, 0.6) is 5.75 Å². The zero-order valence-electron chi connectivity index (χ0n) is 11.5. The summed E-state index contributed by atoms with van der Waals surface area (Å²) in [6.45, 7) is 4.35. The van der Waals surface area contributed by atoms with Gasteiger partial charge in [0, 0.05) is 11.6 Å². The molecule has 0 aliphatic heterocycles. The molecule has 0 fully saturated rings. The van der Waals surface area contributed by atoms with Crippen LogP contribution in [0.15, 0.2) is 28.8 Å². The van der Waals surface area contributed by atoms with Crippen LogP contribution in [-0.4, -0.2) is 17.7 Å². The molecule has 6 heteroatoms. The minimum absolute atomic E-state index is 0.299. The second-order valence-corrected chi connectivity index (χ2v) is 4.38. The topological polar surface area (TPSA) is 90.4 Å². The number of anilines is 2.